The maximum absolute atomic E-state index is 12.2. The van der Waals surface area contributed by atoms with E-state index in [2.05, 4.69) is 21.3 Å². The van der Waals surface area contributed by atoms with Crippen LogP contribution in [-0.2, 0) is 0 Å². The molecule has 6 heteroatoms. The van der Waals surface area contributed by atoms with Crippen LogP contribution in [0.25, 0.3) is 0 Å². The summed E-state index contributed by atoms with van der Waals surface area (Å²) in [5.41, 5.74) is 8.87. The molecular weight excluding hydrogens is 359 g/mol. The molecule has 0 radical (unpaired) electrons. The van der Waals surface area contributed by atoms with Crippen molar-refractivity contribution in [1.29, 1.82) is 0 Å². The number of nitrogens with one attached hydrogen (secondary N) is 1. The molecule has 1 fully saturated rings. The molecule has 0 aliphatic carbocycles. The zero-order valence-corrected chi connectivity index (χ0v) is 18.1. The van der Waals surface area contributed by atoms with Crippen molar-refractivity contribution < 1.29 is 34.4 Å². The van der Waals surface area contributed by atoms with E-state index >= 15 is 0 Å². The number of amides is 1. The fourth-order valence-electron chi connectivity index (χ4n) is 2.88. The molecule has 138 valence electrons. The molecule has 1 aromatic heterocycles. The van der Waals surface area contributed by atoms with Crippen molar-refractivity contribution >= 4 is 23.0 Å². The van der Waals surface area contributed by atoms with Gasteiger partial charge in [0.1, 0.15) is 0 Å². The van der Waals surface area contributed by atoms with E-state index in [-0.39, 0.29) is 35.5 Å². The molecule has 1 aliphatic rings. The maximum atomic E-state index is 12.2. The third kappa shape index (κ3) is 6.37. The Hall–Kier alpha value is -2.34. The maximum Gasteiger partial charge on any atom is 1.00 e. The minimum absolute atomic E-state index is 0. The first kappa shape index (κ1) is 22.0. The second kappa shape index (κ2) is 11.5. The zero-order valence-electron chi connectivity index (χ0n) is 16.1. The van der Waals surface area contributed by atoms with Crippen molar-refractivity contribution in [3.05, 3.63) is 84.7 Å². The van der Waals surface area contributed by atoms with Gasteiger partial charge in [-0.05, 0) is 49.2 Å². The van der Waals surface area contributed by atoms with E-state index in [0.29, 0.717) is 16.9 Å². The molecule has 1 aliphatic heterocycles. The molecule has 0 saturated carbocycles. The zero-order chi connectivity index (χ0) is 18.9. The van der Waals surface area contributed by atoms with Crippen LogP contribution in [0, 0.1) is 6.07 Å². The number of hydrogen-bond donors (Lipinski definition) is 2. The normalized spacial score (nSPS) is 12.4. The average Bonchev–Trinajstić information content (AvgIpc) is 3.26. The van der Waals surface area contributed by atoms with Crippen LogP contribution in [0.3, 0.4) is 0 Å². The van der Waals surface area contributed by atoms with E-state index in [1.54, 1.807) is 36.7 Å². The van der Waals surface area contributed by atoms with Gasteiger partial charge in [0.25, 0.3) is 5.91 Å². The van der Waals surface area contributed by atoms with E-state index in [4.69, 9.17) is 5.73 Å². The van der Waals surface area contributed by atoms with E-state index in [9.17, 15) is 4.79 Å². The van der Waals surface area contributed by atoms with Gasteiger partial charge in [0.05, 0.1) is 11.4 Å². The number of rotatable bonds is 3. The van der Waals surface area contributed by atoms with Gasteiger partial charge in [-0.1, -0.05) is 24.5 Å². The summed E-state index contributed by atoms with van der Waals surface area (Å²) in [7, 11) is 0. The second-order valence-electron chi connectivity index (χ2n) is 6.23. The summed E-state index contributed by atoms with van der Waals surface area (Å²) in [6.07, 6.45) is 5.88. The van der Waals surface area contributed by atoms with Crippen molar-refractivity contribution in [2.75, 3.05) is 29.0 Å². The predicted octanol–water partition coefficient (Wildman–Crippen LogP) is 1.01. The van der Waals surface area contributed by atoms with Crippen LogP contribution in [0.1, 0.15) is 23.2 Å². The smallest absolute Gasteiger partial charge is 0.397 e. The van der Waals surface area contributed by atoms with Crippen LogP contribution < -0.4 is 45.5 Å². The molecule has 28 heavy (non-hydrogen) atoms. The Kier molecular flexibility index (Phi) is 9.01. The Morgan fingerprint density at radius 3 is 2.18 bits per heavy atom. The third-order valence-corrected chi connectivity index (χ3v) is 4.32. The van der Waals surface area contributed by atoms with Crippen LogP contribution in [-0.4, -0.2) is 24.0 Å². The number of para-hydroxylation sites is 2. The van der Waals surface area contributed by atoms with E-state index in [1.165, 1.54) is 18.5 Å². The van der Waals surface area contributed by atoms with Crippen LogP contribution in [0.5, 0.6) is 0 Å². The molecule has 5 nitrogen and oxygen atoms in total. The van der Waals surface area contributed by atoms with Gasteiger partial charge in [-0.25, -0.2) is 0 Å². The number of nitrogens with zero attached hydrogens (tertiary/aromatic N) is 2. The standard InChI is InChI=1S/C17H19N3O.C5H4N.Na/c18-15-5-1-2-6-16(15)19-17(21)13-7-9-14(10-8-13)20-11-3-4-12-20;1-2-4-6-5-3-1;/h1-2,5-10H,3-4,11-12,18H2,(H,19,21);2-5H;/q;-1;+1. The first-order chi connectivity index (χ1) is 13.2. The molecule has 1 saturated heterocycles. The van der Waals surface area contributed by atoms with Crippen molar-refractivity contribution in [3.63, 3.8) is 0 Å². The number of pyridine rings is 1. The molecule has 3 N–H and O–H groups in total. The molecule has 2 aromatic carbocycles. The second-order valence-corrected chi connectivity index (χ2v) is 6.23. The van der Waals surface area contributed by atoms with E-state index in [1.807, 2.05) is 36.4 Å². The number of carbonyl (C=O) groups is 1. The molecule has 0 bridgehead atoms. The Labute approximate surface area is 188 Å². The largest absolute Gasteiger partial charge is 1.00 e. The van der Waals surface area contributed by atoms with Crippen LogP contribution in [0.4, 0.5) is 17.1 Å². The van der Waals surface area contributed by atoms with Gasteiger partial charge >= 0.3 is 29.6 Å². The summed E-state index contributed by atoms with van der Waals surface area (Å²) >= 11 is 0. The predicted molar refractivity (Wildman–Crippen MR) is 110 cm³/mol. The summed E-state index contributed by atoms with van der Waals surface area (Å²) < 4.78 is 0. The fraction of sp³-hybridized carbons (Fsp3) is 0.182. The van der Waals surface area contributed by atoms with Gasteiger partial charge in [0, 0.05) is 24.3 Å². The van der Waals surface area contributed by atoms with Crippen molar-refractivity contribution in [2.24, 2.45) is 0 Å². The minimum Gasteiger partial charge on any atom is -0.397 e. The van der Waals surface area contributed by atoms with Gasteiger partial charge in [0.2, 0.25) is 0 Å². The molecule has 2 heterocycles. The molecule has 0 spiro atoms. The monoisotopic (exact) mass is 382 g/mol. The average molecular weight is 382 g/mol. The Morgan fingerprint density at radius 2 is 1.64 bits per heavy atom. The number of anilines is 3. The fourth-order valence-corrected chi connectivity index (χ4v) is 2.88. The van der Waals surface area contributed by atoms with Crippen molar-refractivity contribution in [2.45, 2.75) is 12.8 Å². The first-order valence-electron chi connectivity index (χ1n) is 9.01. The molecule has 0 atom stereocenters. The number of nitrogen functional groups attached to an aromatic ring is 1. The Balaban J connectivity index is 0.000000344. The summed E-state index contributed by atoms with van der Waals surface area (Å²) in [6.45, 7) is 2.21. The van der Waals surface area contributed by atoms with E-state index in [0.717, 1.165) is 13.1 Å². The van der Waals surface area contributed by atoms with Gasteiger partial charge in [0.15, 0.2) is 0 Å². The molecule has 0 unspecified atom stereocenters. The topological polar surface area (TPSA) is 71.2 Å². The number of carbonyl (C=O) groups excluding carboxylic acids is 1. The van der Waals surface area contributed by atoms with Gasteiger partial charge < -0.3 is 20.9 Å². The summed E-state index contributed by atoms with van der Waals surface area (Å²) in [6, 6.07) is 21.4. The van der Waals surface area contributed by atoms with Crippen molar-refractivity contribution in [1.82, 2.24) is 4.98 Å². The van der Waals surface area contributed by atoms with Crippen LogP contribution >= 0.6 is 0 Å². The number of benzene rings is 2. The first-order valence-corrected chi connectivity index (χ1v) is 9.01. The molecule has 1 amide bonds. The van der Waals surface area contributed by atoms with Gasteiger partial charge in [-0.15, -0.1) is 0 Å². The molecule has 3 aromatic rings. The van der Waals surface area contributed by atoms with Crippen LogP contribution in [0.15, 0.2) is 73.1 Å². The summed E-state index contributed by atoms with van der Waals surface area (Å²) in [4.78, 5) is 18.3. The third-order valence-electron chi connectivity index (χ3n) is 4.32. The minimum atomic E-state index is -0.138. The van der Waals surface area contributed by atoms with Gasteiger partial charge in [-0.3, -0.25) is 4.79 Å². The summed E-state index contributed by atoms with van der Waals surface area (Å²) in [5.74, 6) is -0.138. The number of hydrogen-bond acceptors (Lipinski definition) is 4. The Morgan fingerprint density at radius 1 is 1.00 bits per heavy atom. The number of nitrogens with two attached hydrogens (primary N) is 1. The molecule has 4 rings (SSSR count). The summed E-state index contributed by atoms with van der Waals surface area (Å²) in [5, 5.41) is 2.84. The van der Waals surface area contributed by atoms with Gasteiger partial charge in [-0.2, -0.15) is 18.2 Å². The SMILES string of the molecule is Nc1ccccc1NC(=O)c1ccc(N2CCCC2)cc1.[Na+].[c-]1ccncc1. The Bertz CT molecular complexity index is 823. The van der Waals surface area contributed by atoms with E-state index < -0.39 is 0 Å². The number of aromatic nitrogens is 1. The quantitative estimate of drug-likeness (QED) is 0.403. The van der Waals surface area contributed by atoms with Crippen molar-refractivity contribution in [3.8, 4) is 0 Å². The molecular formula is C22H23N4NaO. The van der Waals surface area contributed by atoms with Crippen LogP contribution in [0.2, 0.25) is 0 Å².